The standard InChI is InChI=1S/C26H24N4O4/c1-34-23-7-3-2-5-17(23)20-14-29-25-18(20)12-16(13-28-25)15-8-9-22(31)19(11-15)26(33)30-10-4-6-21(30)24(27)32/h2-3,5,7-9,11-14,21,31H,4,6,10H2,1H3,(H2,27,32)(H,28,29)/t21-/m0/s1. The van der Waals surface area contributed by atoms with Gasteiger partial charge in [-0.3, -0.25) is 9.59 Å². The Morgan fingerprint density at radius 2 is 1.97 bits per heavy atom. The fourth-order valence-corrected chi connectivity index (χ4v) is 4.60. The number of amides is 2. The highest BCUT2D eigenvalue weighted by Crippen LogP contribution is 2.36. The molecule has 3 heterocycles. The number of para-hydroxylation sites is 1. The molecule has 5 rings (SSSR count). The van der Waals surface area contributed by atoms with E-state index in [9.17, 15) is 14.7 Å². The van der Waals surface area contributed by atoms with E-state index in [0.717, 1.165) is 39.0 Å². The Morgan fingerprint density at radius 1 is 1.15 bits per heavy atom. The Morgan fingerprint density at radius 3 is 2.76 bits per heavy atom. The third kappa shape index (κ3) is 3.63. The molecular formula is C26H24N4O4. The number of phenols is 1. The van der Waals surface area contributed by atoms with Crippen molar-refractivity contribution in [2.75, 3.05) is 13.7 Å². The molecule has 0 aliphatic carbocycles. The first-order valence-corrected chi connectivity index (χ1v) is 11.0. The monoisotopic (exact) mass is 456 g/mol. The Balaban J connectivity index is 1.56. The molecule has 0 saturated carbocycles. The van der Waals surface area contributed by atoms with Gasteiger partial charge in [-0.05, 0) is 42.7 Å². The fourth-order valence-electron chi connectivity index (χ4n) is 4.60. The maximum absolute atomic E-state index is 13.2. The van der Waals surface area contributed by atoms with Gasteiger partial charge in [-0.2, -0.15) is 0 Å². The number of ether oxygens (including phenoxy) is 1. The maximum Gasteiger partial charge on any atom is 0.258 e. The number of carbonyl (C=O) groups excluding carboxylic acids is 2. The summed E-state index contributed by atoms with van der Waals surface area (Å²) in [6, 6.07) is 13.9. The second-order valence-corrected chi connectivity index (χ2v) is 8.31. The number of rotatable bonds is 5. The normalized spacial score (nSPS) is 15.6. The second-order valence-electron chi connectivity index (χ2n) is 8.31. The van der Waals surface area contributed by atoms with Crippen LogP contribution in [-0.4, -0.2) is 51.5 Å². The van der Waals surface area contributed by atoms with E-state index in [1.54, 1.807) is 25.4 Å². The van der Waals surface area contributed by atoms with E-state index in [1.165, 1.54) is 11.0 Å². The minimum atomic E-state index is -0.656. The van der Waals surface area contributed by atoms with Crippen molar-refractivity contribution in [2.45, 2.75) is 18.9 Å². The van der Waals surface area contributed by atoms with Gasteiger partial charge in [0.1, 0.15) is 23.2 Å². The summed E-state index contributed by atoms with van der Waals surface area (Å²) in [6.07, 6.45) is 4.83. The SMILES string of the molecule is COc1ccccc1-c1c[nH]c2ncc(-c3ccc(O)c(C(=O)N4CCC[C@H]4C(N)=O)c3)cc12. The van der Waals surface area contributed by atoms with Crippen molar-refractivity contribution in [2.24, 2.45) is 5.73 Å². The van der Waals surface area contributed by atoms with Crippen molar-refractivity contribution in [1.82, 2.24) is 14.9 Å². The van der Waals surface area contributed by atoms with Gasteiger partial charge in [0, 0.05) is 41.0 Å². The number of phenolic OH excluding ortho intramolecular Hbond substituents is 1. The smallest absolute Gasteiger partial charge is 0.258 e. The van der Waals surface area contributed by atoms with Gasteiger partial charge in [0.25, 0.3) is 5.91 Å². The number of primary amides is 1. The number of methoxy groups -OCH3 is 1. The molecule has 0 unspecified atom stereocenters. The Kier molecular flexibility index (Phi) is 5.41. The van der Waals surface area contributed by atoms with E-state index in [1.807, 2.05) is 36.5 Å². The minimum Gasteiger partial charge on any atom is -0.507 e. The average Bonchev–Trinajstić information content (AvgIpc) is 3.51. The van der Waals surface area contributed by atoms with E-state index < -0.39 is 17.9 Å². The molecular weight excluding hydrogens is 432 g/mol. The maximum atomic E-state index is 13.2. The van der Waals surface area contributed by atoms with Crippen LogP contribution in [-0.2, 0) is 4.79 Å². The lowest BCUT2D eigenvalue weighted by Crippen LogP contribution is -2.43. The number of nitrogens with two attached hydrogens (primary N) is 1. The number of aromatic amines is 1. The van der Waals surface area contributed by atoms with Crippen LogP contribution in [0.5, 0.6) is 11.5 Å². The average molecular weight is 457 g/mol. The summed E-state index contributed by atoms with van der Waals surface area (Å²) in [5.74, 6) is -0.339. The van der Waals surface area contributed by atoms with Gasteiger partial charge in [0.05, 0.1) is 12.7 Å². The Bertz CT molecular complexity index is 1410. The van der Waals surface area contributed by atoms with Gasteiger partial charge in [-0.25, -0.2) is 4.98 Å². The van der Waals surface area contributed by atoms with Crippen LogP contribution in [0, 0.1) is 0 Å². The van der Waals surface area contributed by atoms with Crippen LogP contribution in [0.4, 0.5) is 0 Å². The van der Waals surface area contributed by atoms with Crippen LogP contribution in [0.1, 0.15) is 23.2 Å². The van der Waals surface area contributed by atoms with Crippen LogP contribution in [0.25, 0.3) is 33.3 Å². The molecule has 4 N–H and O–H groups in total. The number of aromatic hydroxyl groups is 1. The molecule has 172 valence electrons. The fraction of sp³-hybridized carbons (Fsp3) is 0.192. The predicted octanol–water partition coefficient (Wildman–Crippen LogP) is 3.70. The second kappa shape index (κ2) is 8.55. The lowest BCUT2D eigenvalue weighted by molar-refractivity contribution is -0.121. The van der Waals surface area contributed by atoms with Crippen LogP contribution in [0.15, 0.2) is 60.9 Å². The number of fused-ring (bicyclic) bond motifs is 1. The van der Waals surface area contributed by atoms with Crippen LogP contribution in [0.2, 0.25) is 0 Å². The van der Waals surface area contributed by atoms with Crippen LogP contribution < -0.4 is 10.5 Å². The first-order chi connectivity index (χ1) is 16.5. The van der Waals surface area contributed by atoms with Crippen LogP contribution >= 0.6 is 0 Å². The number of aromatic nitrogens is 2. The van der Waals surface area contributed by atoms with Gasteiger partial charge in [0.2, 0.25) is 5.91 Å². The summed E-state index contributed by atoms with van der Waals surface area (Å²) in [6.45, 7) is 0.426. The molecule has 0 radical (unpaired) electrons. The Labute approximate surface area is 196 Å². The Hall–Kier alpha value is -4.33. The summed E-state index contributed by atoms with van der Waals surface area (Å²) in [4.78, 5) is 34.1. The number of hydrogen-bond acceptors (Lipinski definition) is 5. The van der Waals surface area contributed by atoms with E-state index in [-0.39, 0.29) is 11.3 Å². The summed E-state index contributed by atoms with van der Waals surface area (Å²) in [5.41, 5.74) is 9.70. The topological polar surface area (TPSA) is 122 Å². The lowest BCUT2D eigenvalue weighted by Gasteiger charge is -2.22. The third-order valence-electron chi connectivity index (χ3n) is 6.33. The van der Waals surface area contributed by atoms with Crippen molar-refractivity contribution >= 4 is 22.8 Å². The largest absolute Gasteiger partial charge is 0.507 e. The van der Waals surface area contributed by atoms with Crippen molar-refractivity contribution < 1.29 is 19.4 Å². The quantitative estimate of drug-likeness (QED) is 0.423. The zero-order valence-electron chi connectivity index (χ0n) is 18.6. The van der Waals surface area contributed by atoms with E-state index in [2.05, 4.69) is 9.97 Å². The number of H-pyrrole nitrogens is 1. The molecule has 2 aromatic heterocycles. The zero-order valence-corrected chi connectivity index (χ0v) is 18.6. The van der Waals surface area contributed by atoms with Gasteiger partial charge in [-0.1, -0.05) is 24.3 Å². The molecule has 1 aliphatic heterocycles. The van der Waals surface area contributed by atoms with Gasteiger partial charge < -0.3 is 25.5 Å². The number of benzene rings is 2. The third-order valence-corrected chi connectivity index (χ3v) is 6.33. The number of nitrogens with zero attached hydrogens (tertiary/aromatic N) is 2. The molecule has 34 heavy (non-hydrogen) atoms. The molecule has 1 aliphatic rings. The van der Waals surface area contributed by atoms with E-state index in [0.29, 0.717) is 19.4 Å². The number of carbonyl (C=O) groups is 2. The minimum absolute atomic E-state index is 0.129. The van der Waals surface area contributed by atoms with Crippen LogP contribution in [0.3, 0.4) is 0 Å². The molecule has 1 fully saturated rings. The van der Waals surface area contributed by atoms with Gasteiger partial charge in [0.15, 0.2) is 0 Å². The highest BCUT2D eigenvalue weighted by atomic mass is 16.5. The van der Waals surface area contributed by atoms with Gasteiger partial charge in [-0.15, -0.1) is 0 Å². The zero-order chi connectivity index (χ0) is 23.8. The number of pyridine rings is 1. The molecule has 8 nitrogen and oxygen atoms in total. The number of hydrogen-bond donors (Lipinski definition) is 3. The highest BCUT2D eigenvalue weighted by Gasteiger charge is 2.34. The molecule has 2 aromatic carbocycles. The van der Waals surface area contributed by atoms with Crippen molar-refractivity contribution in [3.05, 3.63) is 66.5 Å². The number of likely N-dealkylation sites (tertiary alicyclic amines) is 1. The lowest BCUT2D eigenvalue weighted by atomic mass is 9.99. The van der Waals surface area contributed by atoms with Crippen molar-refractivity contribution in [1.29, 1.82) is 0 Å². The van der Waals surface area contributed by atoms with Crippen molar-refractivity contribution in [3.8, 4) is 33.8 Å². The number of nitrogens with one attached hydrogen (secondary N) is 1. The van der Waals surface area contributed by atoms with E-state index >= 15 is 0 Å². The summed E-state index contributed by atoms with van der Waals surface area (Å²) in [7, 11) is 1.63. The molecule has 0 bridgehead atoms. The molecule has 1 atom stereocenters. The molecule has 2 amide bonds. The highest BCUT2D eigenvalue weighted by molar-refractivity contribution is 6.01. The summed E-state index contributed by atoms with van der Waals surface area (Å²) in [5, 5.41) is 11.3. The molecule has 4 aromatic rings. The predicted molar refractivity (Wildman–Crippen MR) is 128 cm³/mol. The first kappa shape index (κ1) is 21.5. The summed E-state index contributed by atoms with van der Waals surface area (Å²) >= 11 is 0. The molecule has 1 saturated heterocycles. The van der Waals surface area contributed by atoms with Gasteiger partial charge >= 0.3 is 0 Å². The van der Waals surface area contributed by atoms with Crippen molar-refractivity contribution in [3.63, 3.8) is 0 Å². The molecule has 0 spiro atoms. The van der Waals surface area contributed by atoms with E-state index in [4.69, 9.17) is 10.5 Å². The first-order valence-electron chi connectivity index (χ1n) is 11.0. The molecule has 8 heteroatoms. The summed E-state index contributed by atoms with van der Waals surface area (Å²) < 4.78 is 5.53.